The first-order valence-corrected chi connectivity index (χ1v) is 6.46. The lowest BCUT2D eigenvalue weighted by atomic mass is 10.1. The molecule has 7 heteroatoms. The maximum Gasteiger partial charge on any atom is 0.303 e. The van der Waals surface area contributed by atoms with Gasteiger partial charge in [-0.2, -0.15) is 5.26 Å². The van der Waals surface area contributed by atoms with E-state index >= 15 is 0 Å². The van der Waals surface area contributed by atoms with E-state index in [0.29, 0.717) is 12.8 Å². The first kappa shape index (κ1) is 14.9. The number of rotatable bonds is 7. The Bertz CT molecular complexity index is 371. The Morgan fingerprint density at radius 2 is 2.06 bits per heavy atom. The summed E-state index contributed by atoms with van der Waals surface area (Å²) >= 11 is 0. The summed E-state index contributed by atoms with van der Waals surface area (Å²) < 4.78 is 25.2. The van der Waals surface area contributed by atoms with Gasteiger partial charge in [0.2, 0.25) is 10.0 Å². The molecule has 0 aromatic heterocycles. The summed E-state index contributed by atoms with van der Waals surface area (Å²) in [5, 5.41) is 15.8. The van der Waals surface area contributed by atoms with Crippen LogP contribution in [-0.2, 0) is 14.8 Å². The van der Waals surface area contributed by atoms with Crippen LogP contribution in [0.25, 0.3) is 0 Å². The highest BCUT2D eigenvalue weighted by molar-refractivity contribution is 7.90. The predicted octanol–water partition coefficient (Wildman–Crippen LogP) is 0.461. The van der Waals surface area contributed by atoms with Crippen LogP contribution >= 0.6 is 0 Å². The normalized spacial score (nSPS) is 15.1. The maximum atomic E-state index is 11.4. The van der Waals surface area contributed by atoms with Crippen molar-refractivity contribution in [1.29, 1.82) is 5.26 Å². The van der Waals surface area contributed by atoms with Gasteiger partial charge in [0.05, 0.1) is 6.07 Å². The lowest BCUT2D eigenvalue weighted by molar-refractivity contribution is -0.137. The topological polar surface area (TPSA) is 107 Å². The maximum absolute atomic E-state index is 11.4. The van der Waals surface area contributed by atoms with E-state index in [9.17, 15) is 13.2 Å². The average Bonchev–Trinajstić information content (AvgIpc) is 2.14. The number of carboxylic acid groups (broad SMARTS) is 1. The molecule has 0 spiro atoms. The Balaban J connectivity index is 4.11. The van der Waals surface area contributed by atoms with Crippen LogP contribution in [0.2, 0.25) is 0 Å². The molecule has 0 heterocycles. The molecule has 6 nitrogen and oxygen atoms in total. The summed E-state index contributed by atoms with van der Waals surface area (Å²) in [6.07, 6.45) is 0.851. The number of aliphatic carboxylic acids is 1. The molecular weight excluding hydrogens is 232 g/mol. The molecule has 0 saturated carbocycles. The van der Waals surface area contributed by atoms with E-state index in [0.717, 1.165) is 0 Å². The first-order valence-electron chi connectivity index (χ1n) is 4.92. The zero-order valence-corrected chi connectivity index (χ0v) is 10.1. The van der Waals surface area contributed by atoms with Crippen LogP contribution in [0, 0.1) is 11.3 Å². The largest absolute Gasteiger partial charge is 0.481 e. The van der Waals surface area contributed by atoms with E-state index in [4.69, 9.17) is 10.4 Å². The van der Waals surface area contributed by atoms with Crippen LogP contribution in [-0.4, -0.2) is 30.8 Å². The van der Waals surface area contributed by atoms with Gasteiger partial charge in [-0.3, -0.25) is 4.79 Å². The van der Waals surface area contributed by atoms with Gasteiger partial charge in [-0.1, -0.05) is 0 Å². The second kappa shape index (κ2) is 6.45. The highest BCUT2D eigenvalue weighted by Gasteiger charge is 2.21. The fourth-order valence-electron chi connectivity index (χ4n) is 1.07. The Hall–Kier alpha value is -1.13. The van der Waals surface area contributed by atoms with Gasteiger partial charge >= 0.3 is 5.97 Å². The summed E-state index contributed by atoms with van der Waals surface area (Å²) in [6.45, 7) is 2.94. The van der Waals surface area contributed by atoms with E-state index in [1.807, 2.05) is 0 Å². The molecule has 0 bridgehead atoms. The fraction of sp³-hybridized carbons (Fsp3) is 0.778. The van der Waals surface area contributed by atoms with Crippen LogP contribution in [0.3, 0.4) is 0 Å². The van der Waals surface area contributed by atoms with E-state index in [2.05, 4.69) is 4.72 Å². The van der Waals surface area contributed by atoms with Crippen LogP contribution in [0.5, 0.6) is 0 Å². The summed E-state index contributed by atoms with van der Waals surface area (Å²) in [7, 11) is -3.62. The Kier molecular flexibility index (Phi) is 6.00. The quantitative estimate of drug-likeness (QED) is 0.680. The number of hydrogen-bond donors (Lipinski definition) is 2. The Morgan fingerprint density at radius 3 is 2.50 bits per heavy atom. The van der Waals surface area contributed by atoms with Crippen molar-refractivity contribution in [2.75, 3.05) is 0 Å². The monoisotopic (exact) mass is 248 g/mol. The number of sulfonamides is 1. The average molecular weight is 248 g/mol. The molecule has 0 fully saturated rings. The molecule has 0 aromatic carbocycles. The lowest BCUT2D eigenvalue weighted by Gasteiger charge is -2.14. The fourth-order valence-corrected chi connectivity index (χ4v) is 2.09. The molecule has 2 N–H and O–H groups in total. The predicted molar refractivity (Wildman–Crippen MR) is 58.1 cm³/mol. The van der Waals surface area contributed by atoms with E-state index in [-0.39, 0.29) is 12.5 Å². The van der Waals surface area contributed by atoms with Crippen LogP contribution in [0.15, 0.2) is 0 Å². The summed E-state index contributed by atoms with van der Waals surface area (Å²) in [5.41, 5.74) is 0. The van der Waals surface area contributed by atoms with Gasteiger partial charge in [-0.25, -0.2) is 13.1 Å². The standard InChI is InChI=1S/C9H16N2O4S/c1-7(4-3-5-9(12)13)11-16(14,15)8(2)6-10/h7-8,11H,3-5H2,1-2H3,(H,12,13). The van der Waals surface area contributed by atoms with Gasteiger partial charge in [0.1, 0.15) is 0 Å². The van der Waals surface area contributed by atoms with E-state index < -0.39 is 21.2 Å². The third kappa shape index (κ3) is 5.68. The Labute approximate surface area is 95.3 Å². The first-order chi connectivity index (χ1) is 7.29. The zero-order valence-electron chi connectivity index (χ0n) is 9.30. The number of hydrogen-bond acceptors (Lipinski definition) is 4. The molecule has 16 heavy (non-hydrogen) atoms. The van der Waals surface area contributed by atoms with Crippen molar-refractivity contribution in [2.24, 2.45) is 0 Å². The minimum atomic E-state index is -3.62. The summed E-state index contributed by atoms with van der Waals surface area (Å²) in [4.78, 5) is 10.2. The van der Waals surface area contributed by atoms with Gasteiger partial charge < -0.3 is 5.11 Å². The van der Waals surface area contributed by atoms with Crippen molar-refractivity contribution >= 4 is 16.0 Å². The second-order valence-corrected chi connectivity index (χ2v) is 5.65. The Morgan fingerprint density at radius 1 is 1.50 bits per heavy atom. The van der Waals surface area contributed by atoms with Crippen LogP contribution in [0.4, 0.5) is 0 Å². The molecular formula is C9H16N2O4S. The highest BCUT2D eigenvalue weighted by atomic mass is 32.2. The molecule has 2 unspecified atom stereocenters. The van der Waals surface area contributed by atoms with Crippen molar-refractivity contribution in [2.45, 2.75) is 44.4 Å². The van der Waals surface area contributed by atoms with Gasteiger partial charge in [-0.15, -0.1) is 0 Å². The zero-order chi connectivity index (χ0) is 12.8. The number of carbonyl (C=O) groups is 1. The van der Waals surface area contributed by atoms with Crippen molar-refractivity contribution < 1.29 is 18.3 Å². The summed E-state index contributed by atoms with van der Waals surface area (Å²) in [6, 6.07) is 1.28. The highest BCUT2D eigenvalue weighted by Crippen LogP contribution is 2.04. The second-order valence-electron chi connectivity index (χ2n) is 3.62. The minimum absolute atomic E-state index is 0.0138. The van der Waals surface area contributed by atoms with Crippen molar-refractivity contribution in [3.8, 4) is 6.07 Å². The molecule has 2 atom stereocenters. The lowest BCUT2D eigenvalue weighted by Crippen LogP contribution is -2.38. The van der Waals surface area contributed by atoms with Crippen LogP contribution in [0.1, 0.15) is 33.1 Å². The molecule has 0 rings (SSSR count). The van der Waals surface area contributed by atoms with Gasteiger partial charge in [-0.05, 0) is 26.7 Å². The molecule has 0 saturated heterocycles. The van der Waals surface area contributed by atoms with Gasteiger partial charge in [0.25, 0.3) is 0 Å². The van der Waals surface area contributed by atoms with Crippen molar-refractivity contribution in [1.82, 2.24) is 4.72 Å². The number of nitrogens with zero attached hydrogens (tertiary/aromatic N) is 1. The third-order valence-electron chi connectivity index (χ3n) is 2.04. The van der Waals surface area contributed by atoms with Crippen molar-refractivity contribution in [3.05, 3.63) is 0 Å². The molecule has 0 amide bonds. The minimum Gasteiger partial charge on any atom is -0.481 e. The van der Waals surface area contributed by atoms with E-state index in [1.54, 1.807) is 13.0 Å². The summed E-state index contributed by atoms with van der Waals surface area (Å²) in [5.74, 6) is -0.902. The number of carboxylic acids is 1. The van der Waals surface area contributed by atoms with E-state index in [1.165, 1.54) is 6.92 Å². The van der Waals surface area contributed by atoms with Gasteiger partial charge in [0.15, 0.2) is 5.25 Å². The molecule has 92 valence electrons. The molecule has 0 aliphatic rings. The molecule has 0 radical (unpaired) electrons. The smallest absolute Gasteiger partial charge is 0.303 e. The third-order valence-corrected chi connectivity index (χ3v) is 3.81. The molecule has 0 aliphatic carbocycles. The van der Waals surface area contributed by atoms with Crippen LogP contribution < -0.4 is 4.72 Å². The SMILES string of the molecule is CC(CCCC(=O)O)NS(=O)(=O)C(C)C#N. The van der Waals surface area contributed by atoms with Gasteiger partial charge in [0, 0.05) is 12.5 Å². The number of nitriles is 1. The number of nitrogens with one attached hydrogen (secondary N) is 1. The van der Waals surface area contributed by atoms with Crippen molar-refractivity contribution in [3.63, 3.8) is 0 Å². The molecule has 0 aliphatic heterocycles. The molecule has 0 aromatic rings.